The lowest BCUT2D eigenvalue weighted by Gasteiger charge is -2.14. The quantitative estimate of drug-likeness (QED) is 0.248. The van der Waals surface area contributed by atoms with Crippen molar-refractivity contribution in [1.29, 1.82) is 0 Å². The highest BCUT2D eigenvalue weighted by Gasteiger charge is 2.01. The van der Waals surface area contributed by atoms with Crippen LogP contribution >= 0.6 is 67.8 Å². The van der Waals surface area contributed by atoms with Crippen LogP contribution in [-0.4, -0.2) is 19.6 Å². The lowest BCUT2D eigenvalue weighted by atomic mass is 10.1. The smallest absolute Gasteiger partial charge is 0.0770 e. The Kier molecular flexibility index (Phi) is 21.4. The van der Waals surface area contributed by atoms with E-state index >= 15 is 0 Å². The van der Waals surface area contributed by atoms with Gasteiger partial charge >= 0.3 is 0 Å². The van der Waals surface area contributed by atoms with Crippen LogP contribution in [0.5, 0.6) is 0 Å². The van der Waals surface area contributed by atoms with Crippen molar-refractivity contribution in [3.05, 3.63) is 5.17 Å². The van der Waals surface area contributed by atoms with Gasteiger partial charge in [0.1, 0.15) is 0 Å². The van der Waals surface area contributed by atoms with Crippen LogP contribution in [0.2, 0.25) is 0 Å². The van der Waals surface area contributed by atoms with Crippen molar-refractivity contribution < 1.29 is 17.3 Å². The molecule has 5 heteroatoms. The van der Waals surface area contributed by atoms with E-state index in [1.54, 1.807) is 8.48 Å². The van der Waals surface area contributed by atoms with E-state index in [-0.39, 0.29) is 12.4 Å². The molecule has 0 saturated carbocycles. The molecule has 0 aromatic carbocycles. The number of halogens is 4. The van der Waals surface area contributed by atoms with Crippen molar-refractivity contribution in [3.8, 4) is 0 Å². The number of quaternary nitrogens is 1. The Balaban J connectivity index is 0. The topological polar surface area (TPSA) is 4.44 Å². The summed E-state index contributed by atoms with van der Waals surface area (Å²) in [4.78, 5) is 1.76. The Morgan fingerprint density at radius 2 is 1.20 bits per heavy atom. The molecule has 0 aromatic heterocycles. The molecular formula is C15H29ClI3N. The Morgan fingerprint density at radius 3 is 1.65 bits per heavy atom. The van der Waals surface area contributed by atoms with E-state index in [9.17, 15) is 0 Å². The van der Waals surface area contributed by atoms with E-state index in [1.165, 1.54) is 72.6 Å². The van der Waals surface area contributed by atoms with Gasteiger partial charge < -0.3 is 17.3 Å². The van der Waals surface area contributed by atoms with Crippen LogP contribution < -0.4 is 17.3 Å². The summed E-state index contributed by atoms with van der Waals surface area (Å²) < 4.78 is 2.98. The van der Waals surface area contributed by atoms with Gasteiger partial charge in [0.15, 0.2) is 0 Å². The van der Waals surface area contributed by atoms with Crippen LogP contribution in [0.4, 0.5) is 0 Å². The van der Waals surface area contributed by atoms with Crippen molar-refractivity contribution in [2.24, 2.45) is 0 Å². The fraction of sp³-hybridized carbons (Fsp3) is 0.867. The van der Waals surface area contributed by atoms with Crippen molar-refractivity contribution in [3.63, 3.8) is 0 Å². The maximum atomic E-state index is 2.49. The third-order valence-electron chi connectivity index (χ3n) is 3.63. The van der Waals surface area contributed by atoms with Gasteiger partial charge in [-0.05, 0) is 107 Å². The molecule has 0 rings (SSSR count). The first-order valence-electron chi connectivity index (χ1n) is 7.65. The molecule has 0 aliphatic heterocycles. The molecule has 0 radical (unpaired) electrons. The van der Waals surface area contributed by atoms with Crippen molar-refractivity contribution in [1.82, 2.24) is 0 Å². The first-order chi connectivity index (χ1) is 9.11. The highest BCUT2D eigenvalue weighted by Crippen LogP contribution is 2.29. The molecule has 0 aliphatic rings. The van der Waals surface area contributed by atoms with Crippen molar-refractivity contribution in [2.75, 3.05) is 19.6 Å². The third-order valence-corrected chi connectivity index (χ3v) is 8.08. The zero-order valence-electron chi connectivity index (χ0n) is 12.8. The highest BCUT2D eigenvalue weighted by atomic mass is 127. The summed E-state index contributed by atoms with van der Waals surface area (Å²) in [6.07, 6.45) is 11.2. The molecule has 20 heavy (non-hydrogen) atoms. The van der Waals surface area contributed by atoms with Crippen LogP contribution in [0.3, 0.4) is 0 Å². The summed E-state index contributed by atoms with van der Waals surface area (Å²) >= 11 is 7.33. The summed E-state index contributed by atoms with van der Waals surface area (Å²) in [7, 11) is 0. The summed E-state index contributed by atoms with van der Waals surface area (Å²) in [5.41, 5.74) is 0. The first kappa shape index (κ1) is 24.4. The molecule has 122 valence electrons. The molecule has 1 N–H and O–H groups in total. The summed E-state index contributed by atoms with van der Waals surface area (Å²) in [6.45, 7) is 8.55. The van der Waals surface area contributed by atoms with Crippen LogP contribution in [-0.2, 0) is 0 Å². The van der Waals surface area contributed by atoms with E-state index in [4.69, 9.17) is 0 Å². The van der Waals surface area contributed by atoms with Crippen LogP contribution in [0.15, 0.2) is 5.17 Å². The Bertz CT molecular complexity index is 239. The predicted molar refractivity (Wildman–Crippen MR) is 113 cm³/mol. The Hall–Kier alpha value is 2.18. The zero-order valence-corrected chi connectivity index (χ0v) is 20.0. The van der Waals surface area contributed by atoms with Crippen LogP contribution in [0, 0.1) is 0 Å². The van der Waals surface area contributed by atoms with Crippen LogP contribution in [0.1, 0.15) is 65.2 Å². The number of allylic oxidation sites excluding steroid dienone is 1. The largest absolute Gasteiger partial charge is 1.00 e. The van der Waals surface area contributed by atoms with E-state index in [2.05, 4.69) is 81.6 Å². The van der Waals surface area contributed by atoms with Gasteiger partial charge in [0.25, 0.3) is 0 Å². The minimum absolute atomic E-state index is 0. The molecule has 0 unspecified atom stereocenters. The second kappa shape index (κ2) is 17.5. The van der Waals surface area contributed by atoms with Crippen molar-refractivity contribution >= 4 is 67.8 Å². The monoisotopic (exact) mass is 639 g/mol. The Morgan fingerprint density at radius 1 is 0.750 bits per heavy atom. The predicted octanol–water partition coefficient (Wildman–Crippen LogP) is 2.51. The van der Waals surface area contributed by atoms with Gasteiger partial charge in [0.2, 0.25) is 0 Å². The molecule has 1 nitrogen and oxygen atoms in total. The first-order valence-corrected chi connectivity index (χ1v) is 10.9. The molecule has 0 aliphatic carbocycles. The van der Waals surface area contributed by atoms with E-state index < -0.39 is 0 Å². The number of nitrogens with one attached hydrogen (secondary N) is 1. The van der Waals surface area contributed by atoms with Crippen LogP contribution in [0.25, 0.3) is 0 Å². The number of rotatable bonds is 12. The number of unbranched alkanes of at least 4 members (excludes halogenated alkanes) is 6. The maximum absolute atomic E-state index is 2.49. The molecule has 0 fully saturated rings. The summed E-state index contributed by atoms with van der Waals surface area (Å²) in [6, 6.07) is 0. The highest BCUT2D eigenvalue weighted by molar-refractivity contribution is 14.2. The Labute approximate surface area is 173 Å². The standard InChI is InChI=1S/C15H28I3N.ClH/c1-3-19(4-2)13-11-9-7-5-6-8-10-12-14(16)15(17)18;/h3-13H2,1-2H3;1H. The molecule has 0 atom stereocenters. The van der Waals surface area contributed by atoms with Gasteiger partial charge in [-0.2, -0.15) is 0 Å². The average molecular weight is 640 g/mol. The van der Waals surface area contributed by atoms with E-state index in [0.717, 1.165) is 0 Å². The lowest BCUT2D eigenvalue weighted by Crippen LogP contribution is -3.11. The lowest BCUT2D eigenvalue weighted by molar-refractivity contribution is -0.896. The second-order valence-electron chi connectivity index (χ2n) is 5.10. The minimum Gasteiger partial charge on any atom is -1.00 e. The SMILES string of the molecule is CC[NH+](CC)CCCCCCCCCC(I)=C(I)I.[Cl-]. The fourth-order valence-corrected chi connectivity index (χ4v) is 3.16. The maximum Gasteiger partial charge on any atom is 0.0770 e. The van der Waals surface area contributed by atoms with Gasteiger partial charge in [-0.1, -0.05) is 25.7 Å². The summed E-state index contributed by atoms with van der Waals surface area (Å²) in [5, 5.41) is 0. The molecule has 0 spiro atoms. The average Bonchev–Trinajstić information content (AvgIpc) is 2.40. The fourth-order valence-electron chi connectivity index (χ4n) is 2.24. The zero-order chi connectivity index (χ0) is 14.5. The molecule has 0 aromatic rings. The van der Waals surface area contributed by atoms with E-state index in [0.29, 0.717) is 0 Å². The normalized spacial score (nSPS) is 10.5. The molecule has 0 saturated heterocycles. The molecule has 0 amide bonds. The van der Waals surface area contributed by atoms with Gasteiger partial charge in [-0.15, -0.1) is 0 Å². The summed E-state index contributed by atoms with van der Waals surface area (Å²) in [5.74, 6) is 0. The second-order valence-corrected chi connectivity index (χ2v) is 10.6. The molecule has 0 bridgehead atoms. The minimum atomic E-state index is 0. The molecular weight excluding hydrogens is 610 g/mol. The van der Waals surface area contributed by atoms with Gasteiger partial charge in [0, 0.05) is 3.58 Å². The van der Waals surface area contributed by atoms with Gasteiger partial charge in [0.05, 0.1) is 21.2 Å². The van der Waals surface area contributed by atoms with Crippen molar-refractivity contribution in [2.45, 2.75) is 65.2 Å². The van der Waals surface area contributed by atoms with Gasteiger partial charge in [-0.25, -0.2) is 0 Å². The number of hydrogen-bond acceptors (Lipinski definition) is 0. The molecule has 0 heterocycles. The number of hydrogen-bond donors (Lipinski definition) is 1. The van der Waals surface area contributed by atoms with E-state index in [1.807, 2.05) is 0 Å². The van der Waals surface area contributed by atoms with Gasteiger partial charge in [-0.3, -0.25) is 0 Å². The third kappa shape index (κ3) is 15.1.